The summed E-state index contributed by atoms with van der Waals surface area (Å²) in [5.41, 5.74) is 0.972. The Bertz CT molecular complexity index is 398. The molecule has 0 aromatic heterocycles. The Labute approximate surface area is 103 Å². The van der Waals surface area contributed by atoms with Crippen molar-refractivity contribution in [1.29, 1.82) is 0 Å². The van der Waals surface area contributed by atoms with Gasteiger partial charge in [0.2, 0.25) is 0 Å². The molecule has 1 nitrogen and oxygen atoms in total. The number of rotatable bonds is 3. The van der Waals surface area contributed by atoms with E-state index in [0.717, 1.165) is 18.4 Å². The van der Waals surface area contributed by atoms with Gasteiger partial charge in [0.15, 0.2) is 0 Å². The van der Waals surface area contributed by atoms with Crippen LogP contribution in [0.4, 0.5) is 4.39 Å². The maximum atomic E-state index is 13.3. The number of hydrogen-bond donors (Lipinski definition) is 1. The lowest BCUT2D eigenvalue weighted by Crippen LogP contribution is -2.57. The summed E-state index contributed by atoms with van der Waals surface area (Å²) in [7, 11) is 0. The minimum absolute atomic E-state index is 0.0623. The van der Waals surface area contributed by atoms with Crippen molar-refractivity contribution in [2.24, 2.45) is 11.3 Å². The van der Waals surface area contributed by atoms with Gasteiger partial charge in [0.25, 0.3) is 0 Å². The molecule has 0 saturated heterocycles. The van der Waals surface area contributed by atoms with Crippen molar-refractivity contribution in [3.8, 4) is 0 Å². The SMILES string of the molecule is CCC1(CC)C(O)C(C)C1c1cccc(F)c1. The van der Waals surface area contributed by atoms with Gasteiger partial charge in [-0.25, -0.2) is 4.39 Å². The molecule has 3 atom stereocenters. The molecule has 1 N–H and O–H groups in total. The van der Waals surface area contributed by atoms with E-state index < -0.39 is 0 Å². The van der Waals surface area contributed by atoms with Crippen LogP contribution in [0, 0.1) is 17.2 Å². The van der Waals surface area contributed by atoms with Crippen molar-refractivity contribution in [2.75, 3.05) is 0 Å². The second-order valence-electron chi connectivity index (χ2n) is 5.28. The molecular formula is C15H21FO. The normalized spacial score (nSPS) is 31.0. The van der Waals surface area contributed by atoms with Crippen LogP contribution in [0.3, 0.4) is 0 Å². The molecule has 0 heterocycles. The van der Waals surface area contributed by atoms with Gasteiger partial charge in [-0.3, -0.25) is 0 Å². The Kier molecular flexibility index (Phi) is 3.26. The van der Waals surface area contributed by atoms with Crippen molar-refractivity contribution in [3.63, 3.8) is 0 Å². The third kappa shape index (κ3) is 1.70. The fourth-order valence-electron chi connectivity index (χ4n) is 3.74. The first-order valence-electron chi connectivity index (χ1n) is 6.50. The summed E-state index contributed by atoms with van der Waals surface area (Å²) in [6.07, 6.45) is 1.62. The van der Waals surface area contributed by atoms with E-state index in [1.54, 1.807) is 12.1 Å². The quantitative estimate of drug-likeness (QED) is 0.848. The number of benzene rings is 1. The fourth-order valence-corrected chi connectivity index (χ4v) is 3.74. The predicted molar refractivity (Wildman–Crippen MR) is 67.3 cm³/mol. The van der Waals surface area contributed by atoms with Crippen molar-refractivity contribution >= 4 is 0 Å². The van der Waals surface area contributed by atoms with Crippen LogP contribution in [-0.2, 0) is 0 Å². The van der Waals surface area contributed by atoms with Crippen molar-refractivity contribution in [2.45, 2.75) is 45.6 Å². The molecule has 2 heteroatoms. The highest BCUT2D eigenvalue weighted by atomic mass is 19.1. The Balaban J connectivity index is 2.37. The van der Waals surface area contributed by atoms with Gasteiger partial charge in [-0.2, -0.15) is 0 Å². The fraction of sp³-hybridized carbons (Fsp3) is 0.600. The topological polar surface area (TPSA) is 20.2 Å². The van der Waals surface area contributed by atoms with Crippen LogP contribution in [0.5, 0.6) is 0 Å². The predicted octanol–water partition coefficient (Wildman–Crippen LogP) is 3.73. The standard InChI is InChI=1S/C15H21FO/c1-4-15(5-2)13(10(3)14(15)17)11-7-6-8-12(16)9-11/h6-10,13-14,17H,4-5H2,1-3H3. The van der Waals surface area contributed by atoms with Gasteiger partial charge < -0.3 is 5.11 Å². The molecular weight excluding hydrogens is 215 g/mol. The van der Waals surface area contributed by atoms with Crippen molar-refractivity contribution < 1.29 is 9.50 Å². The van der Waals surface area contributed by atoms with Gasteiger partial charge in [0.1, 0.15) is 5.82 Å². The lowest BCUT2D eigenvalue weighted by molar-refractivity contribution is -0.142. The average Bonchev–Trinajstić information content (AvgIpc) is 2.34. The Morgan fingerprint density at radius 2 is 1.94 bits per heavy atom. The molecule has 3 unspecified atom stereocenters. The lowest BCUT2D eigenvalue weighted by Gasteiger charge is -2.58. The van der Waals surface area contributed by atoms with Crippen LogP contribution < -0.4 is 0 Å². The van der Waals surface area contributed by atoms with Crippen LogP contribution >= 0.6 is 0 Å². The van der Waals surface area contributed by atoms with Crippen molar-refractivity contribution in [3.05, 3.63) is 35.6 Å². The highest BCUT2D eigenvalue weighted by molar-refractivity contribution is 5.29. The first-order chi connectivity index (χ1) is 8.06. The minimum atomic E-state index is -0.259. The van der Waals surface area contributed by atoms with E-state index >= 15 is 0 Å². The van der Waals surface area contributed by atoms with Crippen LogP contribution in [0.1, 0.15) is 45.1 Å². The minimum Gasteiger partial charge on any atom is -0.392 e. The van der Waals surface area contributed by atoms with Gasteiger partial charge in [0.05, 0.1) is 6.10 Å². The van der Waals surface area contributed by atoms with Crippen LogP contribution in [0.2, 0.25) is 0 Å². The zero-order valence-electron chi connectivity index (χ0n) is 10.8. The second-order valence-corrected chi connectivity index (χ2v) is 5.28. The summed E-state index contributed by atoms with van der Waals surface area (Å²) in [5, 5.41) is 10.2. The number of halogens is 1. The van der Waals surface area contributed by atoms with E-state index in [1.165, 1.54) is 6.07 Å². The molecule has 0 amide bonds. The smallest absolute Gasteiger partial charge is 0.123 e. The van der Waals surface area contributed by atoms with Gasteiger partial charge >= 0.3 is 0 Å². The molecule has 0 radical (unpaired) electrons. The van der Waals surface area contributed by atoms with E-state index in [9.17, 15) is 9.50 Å². The molecule has 17 heavy (non-hydrogen) atoms. The lowest BCUT2D eigenvalue weighted by atomic mass is 9.48. The number of aliphatic hydroxyl groups excluding tert-OH is 1. The van der Waals surface area contributed by atoms with Gasteiger partial charge in [0, 0.05) is 5.41 Å². The Morgan fingerprint density at radius 1 is 1.29 bits per heavy atom. The highest BCUT2D eigenvalue weighted by Gasteiger charge is 2.57. The molecule has 1 fully saturated rings. The molecule has 1 saturated carbocycles. The summed E-state index contributed by atoms with van der Waals surface area (Å²) in [6.45, 7) is 6.29. The maximum absolute atomic E-state index is 13.3. The van der Waals surface area contributed by atoms with Crippen LogP contribution in [-0.4, -0.2) is 11.2 Å². The van der Waals surface area contributed by atoms with E-state index in [2.05, 4.69) is 20.8 Å². The third-order valence-corrected chi connectivity index (χ3v) is 4.76. The maximum Gasteiger partial charge on any atom is 0.123 e. The van der Waals surface area contributed by atoms with E-state index in [-0.39, 0.29) is 29.2 Å². The highest BCUT2D eigenvalue weighted by Crippen LogP contribution is 2.60. The van der Waals surface area contributed by atoms with Crippen molar-refractivity contribution in [1.82, 2.24) is 0 Å². The largest absolute Gasteiger partial charge is 0.392 e. The molecule has 1 aromatic rings. The number of hydrogen-bond acceptors (Lipinski definition) is 1. The summed E-state index contributed by atoms with van der Waals surface area (Å²) in [5.74, 6) is 0.317. The molecule has 0 spiro atoms. The van der Waals surface area contributed by atoms with Crippen LogP contribution in [0.25, 0.3) is 0 Å². The molecule has 2 rings (SSSR count). The van der Waals surface area contributed by atoms with Gasteiger partial charge in [-0.1, -0.05) is 32.9 Å². The Morgan fingerprint density at radius 3 is 2.47 bits per heavy atom. The molecule has 94 valence electrons. The zero-order chi connectivity index (χ0) is 12.6. The van der Waals surface area contributed by atoms with E-state index in [4.69, 9.17) is 0 Å². The molecule has 1 aromatic carbocycles. The van der Waals surface area contributed by atoms with Gasteiger partial charge in [-0.15, -0.1) is 0 Å². The molecule has 1 aliphatic rings. The summed E-state index contributed by atoms with van der Waals surface area (Å²) < 4.78 is 13.3. The summed E-state index contributed by atoms with van der Waals surface area (Å²) >= 11 is 0. The third-order valence-electron chi connectivity index (χ3n) is 4.76. The molecule has 1 aliphatic carbocycles. The monoisotopic (exact) mass is 236 g/mol. The van der Waals surface area contributed by atoms with Crippen LogP contribution in [0.15, 0.2) is 24.3 Å². The molecule has 0 bridgehead atoms. The first-order valence-corrected chi connectivity index (χ1v) is 6.50. The average molecular weight is 236 g/mol. The summed E-state index contributed by atoms with van der Waals surface area (Å²) in [4.78, 5) is 0. The van der Waals surface area contributed by atoms with E-state index in [0.29, 0.717) is 0 Å². The zero-order valence-corrected chi connectivity index (χ0v) is 10.8. The summed E-state index contributed by atoms with van der Waals surface area (Å²) in [6, 6.07) is 6.84. The van der Waals surface area contributed by atoms with E-state index in [1.807, 2.05) is 6.07 Å². The molecule has 0 aliphatic heterocycles. The second kappa shape index (κ2) is 4.41. The Hall–Kier alpha value is -0.890. The number of aliphatic hydroxyl groups is 1. The first kappa shape index (κ1) is 12.6. The van der Waals surface area contributed by atoms with Gasteiger partial charge in [-0.05, 0) is 42.4 Å².